The molecule has 2 unspecified atom stereocenters. The van der Waals surface area contributed by atoms with Gasteiger partial charge < -0.3 is 10.4 Å². The molecule has 0 radical (unpaired) electrons. The minimum Gasteiger partial charge on any atom is -0.392 e. The predicted molar refractivity (Wildman–Crippen MR) is 83.3 cm³/mol. The third-order valence-electron chi connectivity index (χ3n) is 4.57. The van der Waals surface area contributed by atoms with E-state index in [1.165, 1.54) is 0 Å². The summed E-state index contributed by atoms with van der Waals surface area (Å²) < 4.78 is 0. The molecule has 106 valence electrons. The molecule has 2 aromatic rings. The largest absolute Gasteiger partial charge is 0.392 e. The fraction of sp³-hybridized carbons (Fsp3) is 0.438. The van der Waals surface area contributed by atoms with E-state index in [9.17, 15) is 5.11 Å². The van der Waals surface area contributed by atoms with Crippen LogP contribution in [0, 0.1) is 12.3 Å². The summed E-state index contributed by atoms with van der Waals surface area (Å²) in [5.74, 6) is 0. The number of rotatable bonds is 2. The van der Waals surface area contributed by atoms with E-state index < -0.39 is 0 Å². The van der Waals surface area contributed by atoms with Gasteiger partial charge in [-0.1, -0.05) is 25.4 Å². The smallest absolute Gasteiger partial charge is 0.0752 e. The Labute approximate surface area is 124 Å². The Kier molecular flexibility index (Phi) is 3.14. The van der Waals surface area contributed by atoms with E-state index in [2.05, 4.69) is 24.1 Å². The van der Waals surface area contributed by atoms with Gasteiger partial charge >= 0.3 is 0 Å². The van der Waals surface area contributed by atoms with Gasteiger partial charge in [0.1, 0.15) is 0 Å². The average molecular weight is 291 g/mol. The lowest BCUT2D eigenvalue weighted by Crippen LogP contribution is -2.56. The summed E-state index contributed by atoms with van der Waals surface area (Å²) in [5.41, 5.74) is 2.83. The molecule has 0 spiro atoms. The first-order valence-electron chi connectivity index (χ1n) is 6.89. The number of hydrogen-bond donors (Lipinski definition) is 2. The van der Waals surface area contributed by atoms with Gasteiger partial charge in [0.15, 0.2) is 0 Å². The fourth-order valence-corrected chi connectivity index (χ4v) is 3.17. The third kappa shape index (κ3) is 1.97. The molecule has 0 saturated heterocycles. The summed E-state index contributed by atoms with van der Waals surface area (Å²) in [6.45, 7) is 6.16. The maximum absolute atomic E-state index is 9.87. The molecule has 2 N–H and O–H groups in total. The highest BCUT2D eigenvalue weighted by atomic mass is 35.5. The number of nitrogens with one attached hydrogen (secondary N) is 1. The number of nitrogens with zero attached hydrogens (tertiary/aromatic N) is 1. The number of pyridine rings is 1. The molecule has 1 aromatic heterocycles. The number of halogens is 1. The first-order valence-corrected chi connectivity index (χ1v) is 7.27. The SMILES string of the molecule is Cc1cc(Cl)c(NC2CC(O)C2(C)C)c2cccnc12. The summed E-state index contributed by atoms with van der Waals surface area (Å²) in [6, 6.07) is 6.12. The Balaban J connectivity index is 2.04. The van der Waals surface area contributed by atoms with Gasteiger partial charge in [-0.2, -0.15) is 0 Å². The molecular weight excluding hydrogens is 272 g/mol. The second kappa shape index (κ2) is 4.61. The number of anilines is 1. The van der Waals surface area contributed by atoms with Crippen LogP contribution in [0.4, 0.5) is 5.69 Å². The summed E-state index contributed by atoms with van der Waals surface area (Å²) in [5, 5.41) is 15.1. The molecule has 3 rings (SSSR count). The van der Waals surface area contributed by atoms with Crippen molar-refractivity contribution < 1.29 is 5.11 Å². The zero-order chi connectivity index (χ0) is 14.5. The van der Waals surface area contributed by atoms with Crippen LogP contribution in [-0.4, -0.2) is 22.2 Å². The molecule has 1 aliphatic rings. The van der Waals surface area contributed by atoms with Crippen LogP contribution in [0.25, 0.3) is 10.9 Å². The zero-order valence-corrected chi connectivity index (χ0v) is 12.7. The Bertz CT molecular complexity index is 669. The van der Waals surface area contributed by atoms with Crippen molar-refractivity contribution >= 4 is 28.2 Å². The monoisotopic (exact) mass is 290 g/mol. The molecule has 1 heterocycles. The topological polar surface area (TPSA) is 45.1 Å². The lowest BCUT2D eigenvalue weighted by molar-refractivity contribution is -0.0510. The molecule has 0 amide bonds. The van der Waals surface area contributed by atoms with Crippen LogP contribution in [0.2, 0.25) is 5.02 Å². The molecule has 0 bridgehead atoms. The van der Waals surface area contributed by atoms with Gasteiger partial charge in [0.05, 0.1) is 22.3 Å². The van der Waals surface area contributed by atoms with E-state index in [1.807, 2.05) is 25.1 Å². The van der Waals surface area contributed by atoms with E-state index in [4.69, 9.17) is 11.6 Å². The zero-order valence-electron chi connectivity index (χ0n) is 11.9. The summed E-state index contributed by atoms with van der Waals surface area (Å²) >= 11 is 6.41. The highest BCUT2D eigenvalue weighted by Gasteiger charge is 2.47. The van der Waals surface area contributed by atoms with Gasteiger partial charge in [-0.25, -0.2) is 0 Å². The van der Waals surface area contributed by atoms with Crippen LogP contribution in [0.15, 0.2) is 24.4 Å². The first-order chi connectivity index (χ1) is 9.41. The Hall–Kier alpha value is -1.32. The molecule has 4 heteroatoms. The van der Waals surface area contributed by atoms with E-state index in [0.717, 1.165) is 28.6 Å². The molecule has 2 atom stereocenters. The maximum atomic E-state index is 9.87. The quantitative estimate of drug-likeness (QED) is 0.885. The van der Waals surface area contributed by atoms with Crippen molar-refractivity contribution in [3.63, 3.8) is 0 Å². The Morgan fingerprint density at radius 2 is 2.20 bits per heavy atom. The van der Waals surface area contributed by atoms with Crippen LogP contribution in [-0.2, 0) is 0 Å². The minimum absolute atomic E-state index is 0.136. The Morgan fingerprint density at radius 1 is 1.45 bits per heavy atom. The van der Waals surface area contributed by atoms with Crippen LogP contribution in [0.5, 0.6) is 0 Å². The lowest BCUT2D eigenvalue weighted by atomic mass is 9.64. The van der Waals surface area contributed by atoms with Gasteiger partial charge in [-0.05, 0) is 37.1 Å². The van der Waals surface area contributed by atoms with Crippen molar-refractivity contribution in [2.45, 2.75) is 39.3 Å². The highest BCUT2D eigenvalue weighted by Crippen LogP contribution is 2.44. The third-order valence-corrected chi connectivity index (χ3v) is 4.87. The molecular formula is C16H19ClN2O. The number of fused-ring (bicyclic) bond motifs is 1. The molecule has 0 aliphatic heterocycles. The number of benzene rings is 1. The van der Waals surface area contributed by atoms with Crippen LogP contribution >= 0.6 is 11.6 Å². The van der Waals surface area contributed by atoms with E-state index in [-0.39, 0.29) is 17.6 Å². The molecule has 1 fully saturated rings. The van der Waals surface area contributed by atoms with E-state index >= 15 is 0 Å². The number of aliphatic hydroxyl groups excluding tert-OH is 1. The first kappa shape index (κ1) is 13.7. The second-order valence-corrected chi connectivity index (χ2v) is 6.63. The van der Waals surface area contributed by atoms with Crippen LogP contribution in [0.1, 0.15) is 25.8 Å². The van der Waals surface area contributed by atoms with E-state index in [0.29, 0.717) is 5.02 Å². The summed E-state index contributed by atoms with van der Waals surface area (Å²) in [6.07, 6.45) is 2.29. The fourth-order valence-electron chi connectivity index (χ4n) is 2.85. The lowest BCUT2D eigenvalue weighted by Gasteiger charge is -2.50. The van der Waals surface area contributed by atoms with Crippen LogP contribution in [0.3, 0.4) is 0 Å². The second-order valence-electron chi connectivity index (χ2n) is 6.22. The van der Waals surface area contributed by atoms with Gasteiger partial charge in [0.25, 0.3) is 0 Å². The van der Waals surface area contributed by atoms with Crippen molar-refractivity contribution in [3.8, 4) is 0 Å². The highest BCUT2D eigenvalue weighted by molar-refractivity contribution is 6.35. The molecule has 1 aliphatic carbocycles. The number of aromatic nitrogens is 1. The number of hydrogen-bond acceptors (Lipinski definition) is 3. The maximum Gasteiger partial charge on any atom is 0.0752 e. The summed E-state index contributed by atoms with van der Waals surface area (Å²) in [4.78, 5) is 4.44. The van der Waals surface area contributed by atoms with Crippen molar-refractivity contribution in [2.24, 2.45) is 5.41 Å². The minimum atomic E-state index is -0.256. The van der Waals surface area contributed by atoms with Gasteiger partial charge in [-0.15, -0.1) is 0 Å². The van der Waals surface area contributed by atoms with Gasteiger partial charge in [-0.3, -0.25) is 4.98 Å². The summed E-state index contributed by atoms with van der Waals surface area (Å²) in [7, 11) is 0. The van der Waals surface area contributed by atoms with Crippen LogP contribution < -0.4 is 5.32 Å². The van der Waals surface area contributed by atoms with Crippen molar-refractivity contribution in [1.82, 2.24) is 4.98 Å². The van der Waals surface area contributed by atoms with E-state index in [1.54, 1.807) is 6.20 Å². The number of aliphatic hydroxyl groups is 1. The Morgan fingerprint density at radius 3 is 2.85 bits per heavy atom. The van der Waals surface area contributed by atoms with Crippen molar-refractivity contribution in [2.75, 3.05) is 5.32 Å². The standard InChI is InChI=1S/C16H19ClN2O/c1-9-7-11(17)15(10-5-4-6-18-14(9)10)19-12-8-13(20)16(12,2)3/h4-7,12-13,19-20H,8H2,1-3H3. The molecule has 1 saturated carbocycles. The average Bonchev–Trinajstić information content (AvgIpc) is 2.42. The van der Waals surface area contributed by atoms with Crippen molar-refractivity contribution in [1.29, 1.82) is 0 Å². The van der Waals surface area contributed by atoms with Gasteiger partial charge in [0.2, 0.25) is 0 Å². The van der Waals surface area contributed by atoms with Crippen molar-refractivity contribution in [3.05, 3.63) is 35.0 Å². The molecule has 20 heavy (non-hydrogen) atoms. The van der Waals surface area contributed by atoms with Gasteiger partial charge in [0, 0.05) is 23.0 Å². The normalized spacial score (nSPS) is 24.4. The molecule has 1 aromatic carbocycles. The predicted octanol–water partition coefficient (Wildman–Crippen LogP) is 3.77. The molecule has 3 nitrogen and oxygen atoms in total. The number of aryl methyl sites for hydroxylation is 1.